The van der Waals surface area contributed by atoms with Crippen LogP contribution in [0, 0.1) is 6.92 Å². The highest BCUT2D eigenvalue weighted by Gasteiger charge is 2.41. The fraction of sp³-hybridized carbons (Fsp3) is 0.500. The van der Waals surface area contributed by atoms with Gasteiger partial charge in [0.2, 0.25) is 0 Å². The summed E-state index contributed by atoms with van der Waals surface area (Å²) in [5.41, 5.74) is 7.98. The van der Waals surface area contributed by atoms with Gasteiger partial charge in [-0.05, 0) is 25.5 Å². The maximum absolute atomic E-state index is 11.9. The van der Waals surface area contributed by atoms with Gasteiger partial charge in [-0.1, -0.05) is 31.0 Å². The van der Waals surface area contributed by atoms with Gasteiger partial charge in [0, 0.05) is 18.8 Å². The van der Waals surface area contributed by atoms with E-state index in [9.17, 15) is 4.79 Å². The van der Waals surface area contributed by atoms with Gasteiger partial charge < -0.3 is 16.0 Å². The number of urea groups is 1. The third-order valence-electron chi connectivity index (χ3n) is 3.35. The number of aryl methyl sites for hydroxylation is 1. The van der Waals surface area contributed by atoms with Crippen LogP contribution in [0.3, 0.4) is 0 Å². The molecular weight excluding hydrogens is 226 g/mol. The molecule has 1 aliphatic rings. The van der Waals surface area contributed by atoms with Crippen LogP contribution in [0.25, 0.3) is 0 Å². The molecule has 2 rings (SSSR count). The molecule has 0 atom stereocenters. The van der Waals surface area contributed by atoms with E-state index in [2.05, 4.69) is 12.2 Å². The number of carbonyl (C=O) groups excluding carboxylic acids is 1. The summed E-state index contributed by atoms with van der Waals surface area (Å²) in [5, 5.41) is 2.88. The molecule has 1 saturated heterocycles. The van der Waals surface area contributed by atoms with E-state index in [0.29, 0.717) is 13.1 Å². The minimum Gasteiger partial charge on any atom is -0.322 e. The summed E-state index contributed by atoms with van der Waals surface area (Å²) in [6.45, 7) is 5.44. The van der Waals surface area contributed by atoms with Crippen LogP contribution in [0.15, 0.2) is 24.3 Å². The number of hydrogen-bond acceptors (Lipinski definition) is 2. The molecule has 0 aromatic heterocycles. The number of anilines is 1. The van der Waals surface area contributed by atoms with E-state index >= 15 is 0 Å². The maximum Gasteiger partial charge on any atom is 0.321 e. The van der Waals surface area contributed by atoms with Gasteiger partial charge in [-0.2, -0.15) is 0 Å². The molecule has 18 heavy (non-hydrogen) atoms. The Morgan fingerprint density at radius 1 is 1.39 bits per heavy atom. The Morgan fingerprint density at radius 2 is 2.00 bits per heavy atom. The van der Waals surface area contributed by atoms with Gasteiger partial charge in [0.1, 0.15) is 0 Å². The molecule has 3 N–H and O–H groups in total. The third kappa shape index (κ3) is 2.82. The smallest absolute Gasteiger partial charge is 0.321 e. The minimum atomic E-state index is -0.167. The molecule has 0 saturated carbocycles. The predicted molar refractivity (Wildman–Crippen MR) is 73.6 cm³/mol. The van der Waals surface area contributed by atoms with Gasteiger partial charge in [0.15, 0.2) is 0 Å². The molecule has 1 fully saturated rings. The van der Waals surface area contributed by atoms with E-state index in [4.69, 9.17) is 5.73 Å². The topological polar surface area (TPSA) is 58.4 Å². The molecule has 2 amide bonds. The Morgan fingerprint density at radius 3 is 2.56 bits per heavy atom. The highest BCUT2D eigenvalue weighted by Crippen LogP contribution is 2.24. The van der Waals surface area contributed by atoms with Crippen LogP contribution in [0.1, 0.15) is 25.3 Å². The van der Waals surface area contributed by atoms with Gasteiger partial charge in [0.25, 0.3) is 0 Å². The monoisotopic (exact) mass is 247 g/mol. The number of nitrogens with one attached hydrogen (secondary N) is 1. The molecule has 0 radical (unpaired) electrons. The molecule has 0 aliphatic carbocycles. The normalized spacial score (nSPS) is 17.2. The van der Waals surface area contributed by atoms with E-state index in [1.54, 1.807) is 4.90 Å². The predicted octanol–water partition coefficient (Wildman–Crippen LogP) is 2.34. The fourth-order valence-electron chi connectivity index (χ4n) is 2.35. The Hall–Kier alpha value is -1.55. The number of rotatable bonds is 3. The molecule has 1 aromatic rings. The Balaban J connectivity index is 1.85. The first-order valence-corrected chi connectivity index (χ1v) is 6.44. The molecular formula is C14H21N3O. The number of nitrogens with two attached hydrogens (primary N) is 1. The highest BCUT2D eigenvalue weighted by atomic mass is 16.2. The minimum absolute atomic E-state index is 0.0592. The molecule has 4 nitrogen and oxygen atoms in total. The van der Waals surface area contributed by atoms with Crippen molar-refractivity contribution >= 4 is 11.7 Å². The molecule has 1 aromatic carbocycles. The van der Waals surface area contributed by atoms with Gasteiger partial charge in [-0.3, -0.25) is 0 Å². The van der Waals surface area contributed by atoms with Gasteiger partial charge in [-0.15, -0.1) is 0 Å². The zero-order valence-electron chi connectivity index (χ0n) is 11.1. The van der Waals surface area contributed by atoms with Crippen LogP contribution >= 0.6 is 0 Å². The first-order chi connectivity index (χ1) is 8.52. The Kier molecular flexibility index (Phi) is 3.57. The Labute approximate surface area is 108 Å². The highest BCUT2D eigenvalue weighted by molar-refractivity contribution is 5.90. The zero-order valence-corrected chi connectivity index (χ0v) is 11.1. The van der Waals surface area contributed by atoms with Crippen LogP contribution in [-0.4, -0.2) is 29.6 Å². The van der Waals surface area contributed by atoms with Crippen molar-refractivity contribution in [2.45, 2.75) is 32.2 Å². The van der Waals surface area contributed by atoms with E-state index in [0.717, 1.165) is 18.5 Å². The van der Waals surface area contributed by atoms with E-state index in [-0.39, 0.29) is 11.6 Å². The van der Waals surface area contributed by atoms with Gasteiger partial charge in [0.05, 0.1) is 5.54 Å². The van der Waals surface area contributed by atoms with Crippen molar-refractivity contribution in [3.8, 4) is 0 Å². The summed E-state index contributed by atoms with van der Waals surface area (Å²) < 4.78 is 0. The van der Waals surface area contributed by atoms with E-state index < -0.39 is 0 Å². The summed E-state index contributed by atoms with van der Waals surface area (Å²) >= 11 is 0. The fourth-order valence-corrected chi connectivity index (χ4v) is 2.35. The van der Waals surface area contributed by atoms with Crippen LogP contribution in [0.5, 0.6) is 0 Å². The lowest BCUT2D eigenvalue weighted by molar-refractivity contribution is 0.0980. The van der Waals surface area contributed by atoms with Crippen molar-refractivity contribution in [3.05, 3.63) is 29.8 Å². The van der Waals surface area contributed by atoms with Gasteiger partial charge in [-0.25, -0.2) is 4.79 Å². The summed E-state index contributed by atoms with van der Waals surface area (Å²) in [6.07, 6.45) is 2.03. The summed E-state index contributed by atoms with van der Waals surface area (Å²) in [7, 11) is 0. The molecule has 1 heterocycles. The average molecular weight is 247 g/mol. The summed E-state index contributed by atoms with van der Waals surface area (Å²) in [4.78, 5) is 13.7. The van der Waals surface area contributed by atoms with Gasteiger partial charge >= 0.3 is 6.03 Å². The van der Waals surface area contributed by atoms with Crippen LogP contribution < -0.4 is 11.1 Å². The molecule has 0 bridgehead atoms. The second-order valence-corrected chi connectivity index (χ2v) is 5.26. The lowest BCUT2D eigenvalue weighted by Crippen LogP contribution is -2.69. The number of nitrogens with zero attached hydrogens (tertiary/aromatic N) is 1. The van der Waals surface area contributed by atoms with E-state index in [1.165, 1.54) is 5.56 Å². The number of likely N-dealkylation sites (tertiary alicyclic amines) is 1. The van der Waals surface area contributed by atoms with Crippen molar-refractivity contribution in [2.24, 2.45) is 5.73 Å². The molecule has 98 valence electrons. The van der Waals surface area contributed by atoms with Crippen molar-refractivity contribution in [1.29, 1.82) is 0 Å². The van der Waals surface area contributed by atoms with Crippen LogP contribution in [0.4, 0.5) is 10.5 Å². The third-order valence-corrected chi connectivity index (χ3v) is 3.35. The largest absolute Gasteiger partial charge is 0.322 e. The Bertz CT molecular complexity index is 421. The molecule has 0 unspecified atom stereocenters. The van der Waals surface area contributed by atoms with Crippen LogP contribution in [0.2, 0.25) is 0 Å². The number of hydrogen-bond donors (Lipinski definition) is 2. The van der Waals surface area contributed by atoms with Crippen molar-refractivity contribution in [1.82, 2.24) is 4.90 Å². The second-order valence-electron chi connectivity index (χ2n) is 5.26. The first kappa shape index (κ1) is 12.9. The maximum atomic E-state index is 11.9. The SMILES string of the molecule is CCCC1(N)CN(C(=O)Nc2ccc(C)cc2)C1. The molecule has 0 spiro atoms. The lowest BCUT2D eigenvalue weighted by Gasteiger charge is -2.47. The van der Waals surface area contributed by atoms with E-state index in [1.807, 2.05) is 31.2 Å². The number of carbonyl (C=O) groups is 1. The van der Waals surface area contributed by atoms with Crippen molar-refractivity contribution < 1.29 is 4.79 Å². The summed E-state index contributed by atoms with van der Waals surface area (Å²) in [5.74, 6) is 0. The molecule has 1 aliphatic heterocycles. The number of amides is 2. The first-order valence-electron chi connectivity index (χ1n) is 6.44. The summed E-state index contributed by atoms with van der Waals surface area (Å²) in [6, 6.07) is 7.73. The average Bonchev–Trinajstić information content (AvgIpc) is 2.29. The van der Waals surface area contributed by atoms with Crippen molar-refractivity contribution in [2.75, 3.05) is 18.4 Å². The van der Waals surface area contributed by atoms with Crippen LogP contribution in [-0.2, 0) is 0 Å². The lowest BCUT2D eigenvalue weighted by atomic mass is 9.87. The second kappa shape index (κ2) is 4.98. The number of benzene rings is 1. The quantitative estimate of drug-likeness (QED) is 0.861. The van der Waals surface area contributed by atoms with Crippen molar-refractivity contribution in [3.63, 3.8) is 0 Å². The zero-order chi connectivity index (χ0) is 13.2. The molecule has 4 heteroatoms. The standard InChI is InChI=1S/C14H21N3O/c1-3-8-14(15)9-17(10-14)13(18)16-12-6-4-11(2)5-7-12/h4-7H,3,8-10,15H2,1-2H3,(H,16,18).